The fourth-order valence-corrected chi connectivity index (χ4v) is 1.47. The van der Waals surface area contributed by atoms with E-state index in [1.807, 2.05) is 0 Å². The predicted octanol–water partition coefficient (Wildman–Crippen LogP) is 1.74. The average molecular weight is 249 g/mol. The molecule has 0 aliphatic carbocycles. The van der Waals surface area contributed by atoms with Crippen LogP contribution in [0.5, 0.6) is 0 Å². The van der Waals surface area contributed by atoms with Crippen LogP contribution in [0.1, 0.15) is 18.9 Å². The molecule has 1 unspecified atom stereocenters. The van der Waals surface area contributed by atoms with Gasteiger partial charge in [-0.15, -0.1) is 0 Å². The van der Waals surface area contributed by atoms with Gasteiger partial charge < -0.3 is 10.4 Å². The van der Waals surface area contributed by atoms with Crippen LogP contribution in [0.25, 0.3) is 0 Å². The molecule has 0 saturated heterocycles. The highest BCUT2D eigenvalue weighted by molar-refractivity contribution is 5.80. The fourth-order valence-electron chi connectivity index (χ4n) is 1.47. The number of hydrogen-bond acceptors (Lipinski definition) is 5. The number of benzene rings is 1. The maximum absolute atomic E-state index is 10.9. The highest BCUT2D eigenvalue weighted by Gasteiger charge is 2.23. The lowest BCUT2D eigenvalue weighted by Gasteiger charge is -2.13. The molecule has 0 aliphatic rings. The Bertz CT molecular complexity index is 522. The molecule has 0 bridgehead atoms. The molecule has 94 valence electrons. The number of aliphatic carboxylic acids is 1. The summed E-state index contributed by atoms with van der Waals surface area (Å²) in [6.07, 6.45) is 0.267. The average Bonchev–Trinajstić information content (AvgIpc) is 2.34. The molecule has 0 heterocycles. The minimum atomic E-state index is -1.10. The molecule has 0 amide bonds. The van der Waals surface area contributed by atoms with Crippen LogP contribution in [0, 0.1) is 21.4 Å². The van der Waals surface area contributed by atoms with Gasteiger partial charge in [0.2, 0.25) is 0 Å². The molecular weight excluding hydrogens is 238 g/mol. The zero-order valence-corrected chi connectivity index (χ0v) is 9.58. The summed E-state index contributed by atoms with van der Waals surface area (Å²) in [6, 6.07) is 4.93. The molecule has 2 N–H and O–H groups in total. The van der Waals surface area contributed by atoms with Crippen molar-refractivity contribution in [2.75, 3.05) is 5.32 Å². The molecule has 0 saturated carbocycles. The molecule has 1 atom stereocenters. The third-order valence-corrected chi connectivity index (χ3v) is 2.38. The number of carboxylic acid groups (broad SMARTS) is 1. The number of carboxylic acids is 1. The maximum Gasteiger partial charge on any atom is 0.326 e. The van der Waals surface area contributed by atoms with Crippen LogP contribution >= 0.6 is 0 Å². The van der Waals surface area contributed by atoms with Gasteiger partial charge in [-0.05, 0) is 18.6 Å². The summed E-state index contributed by atoms with van der Waals surface area (Å²) in [5.41, 5.74) is -0.474. The minimum Gasteiger partial charge on any atom is -0.480 e. The summed E-state index contributed by atoms with van der Waals surface area (Å²) in [7, 11) is 0. The molecule has 18 heavy (non-hydrogen) atoms. The second-order valence-electron chi connectivity index (χ2n) is 3.51. The number of nitro groups is 1. The molecule has 7 nitrogen and oxygen atoms in total. The zero-order chi connectivity index (χ0) is 13.7. The van der Waals surface area contributed by atoms with E-state index in [4.69, 9.17) is 10.4 Å². The Hall–Kier alpha value is -2.62. The molecule has 0 fully saturated rings. The number of nitrogens with one attached hydrogen (secondary N) is 1. The SMILES string of the molecule is CCC(Nc1cccc(C#N)c1[N+](=O)[O-])C(=O)O. The van der Waals surface area contributed by atoms with E-state index >= 15 is 0 Å². The summed E-state index contributed by atoms with van der Waals surface area (Å²) in [5, 5.41) is 31.2. The number of carbonyl (C=O) groups is 1. The number of para-hydroxylation sites is 1. The van der Waals surface area contributed by atoms with Crippen molar-refractivity contribution >= 4 is 17.3 Å². The lowest BCUT2D eigenvalue weighted by atomic mass is 10.1. The Morgan fingerprint density at radius 1 is 1.67 bits per heavy atom. The third-order valence-electron chi connectivity index (χ3n) is 2.38. The van der Waals surface area contributed by atoms with Crippen molar-refractivity contribution in [3.8, 4) is 6.07 Å². The lowest BCUT2D eigenvalue weighted by Crippen LogP contribution is -2.28. The van der Waals surface area contributed by atoms with Gasteiger partial charge in [0.15, 0.2) is 0 Å². The summed E-state index contributed by atoms with van der Waals surface area (Å²) in [6.45, 7) is 1.64. The number of anilines is 1. The highest BCUT2D eigenvalue weighted by Crippen LogP contribution is 2.28. The first-order chi connectivity index (χ1) is 8.51. The number of nitriles is 1. The van der Waals surface area contributed by atoms with Crippen LogP contribution in [0.15, 0.2) is 18.2 Å². The van der Waals surface area contributed by atoms with Gasteiger partial charge in [-0.25, -0.2) is 4.79 Å². The second-order valence-corrected chi connectivity index (χ2v) is 3.51. The quantitative estimate of drug-likeness (QED) is 0.606. The maximum atomic E-state index is 10.9. The van der Waals surface area contributed by atoms with E-state index in [-0.39, 0.29) is 17.7 Å². The Kier molecular flexibility index (Phi) is 4.21. The van der Waals surface area contributed by atoms with E-state index in [1.165, 1.54) is 18.2 Å². The molecule has 7 heteroatoms. The van der Waals surface area contributed by atoms with Crippen LogP contribution in [0.2, 0.25) is 0 Å². The first-order valence-corrected chi connectivity index (χ1v) is 5.18. The van der Waals surface area contributed by atoms with E-state index in [0.29, 0.717) is 0 Å². The molecule has 0 spiro atoms. The first-order valence-electron chi connectivity index (χ1n) is 5.18. The largest absolute Gasteiger partial charge is 0.480 e. The Labute approximate surface area is 103 Å². The van der Waals surface area contributed by atoms with Gasteiger partial charge >= 0.3 is 11.7 Å². The van der Waals surface area contributed by atoms with Gasteiger partial charge in [0.1, 0.15) is 23.4 Å². The summed E-state index contributed by atoms with van der Waals surface area (Å²) < 4.78 is 0. The van der Waals surface area contributed by atoms with E-state index in [0.717, 1.165) is 0 Å². The Morgan fingerprint density at radius 2 is 2.33 bits per heavy atom. The number of rotatable bonds is 5. The van der Waals surface area contributed by atoms with Crippen molar-refractivity contribution in [1.29, 1.82) is 5.26 Å². The van der Waals surface area contributed by atoms with E-state index in [2.05, 4.69) is 5.32 Å². The monoisotopic (exact) mass is 249 g/mol. The zero-order valence-electron chi connectivity index (χ0n) is 9.58. The fraction of sp³-hybridized carbons (Fsp3) is 0.273. The van der Waals surface area contributed by atoms with Gasteiger partial charge in [-0.1, -0.05) is 13.0 Å². The highest BCUT2D eigenvalue weighted by atomic mass is 16.6. The summed E-state index contributed by atoms with van der Waals surface area (Å²) in [5.74, 6) is -1.10. The second kappa shape index (κ2) is 5.63. The topological polar surface area (TPSA) is 116 Å². The van der Waals surface area contributed by atoms with Gasteiger partial charge in [-0.2, -0.15) is 5.26 Å². The van der Waals surface area contributed by atoms with Gasteiger partial charge in [0, 0.05) is 0 Å². The smallest absolute Gasteiger partial charge is 0.326 e. The molecule has 0 aliphatic heterocycles. The van der Waals surface area contributed by atoms with Gasteiger partial charge in [0.05, 0.1) is 4.92 Å². The van der Waals surface area contributed by atoms with Crippen LogP contribution in [0.4, 0.5) is 11.4 Å². The van der Waals surface area contributed by atoms with E-state index in [9.17, 15) is 14.9 Å². The standard InChI is InChI=1S/C11H11N3O4/c1-2-8(11(15)16)13-9-5-3-4-7(6-12)10(9)14(17)18/h3-5,8,13H,2H2,1H3,(H,15,16). The third kappa shape index (κ3) is 2.74. The van der Waals surface area contributed by atoms with E-state index < -0.39 is 22.6 Å². The molecule has 0 aromatic heterocycles. The van der Waals surface area contributed by atoms with Crippen LogP contribution in [0.3, 0.4) is 0 Å². The van der Waals surface area contributed by atoms with Crippen molar-refractivity contribution in [3.63, 3.8) is 0 Å². The number of hydrogen-bond donors (Lipinski definition) is 2. The van der Waals surface area contributed by atoms with Crippen molar-refractivity contribution < 1.29 is 14.8 Å². The molecule has 0 radical (unpaired) electrons. The van der Waals surface area contributed by atoms with E-state index in [1.54, 1.807) is 13.0 Å². The van der Waals surface area contributed by atoms with Crippen LogP contribution in [-0.2, 0) is 4.79 Å². The molecule has 1 aromatic rings. The number of nitrogens with zero attached hydrogens (tertiary/aromatic N) is 2. The predicted molar refractivity (Wildman–Crippen MR) is 63.1 cm³/mol. The Morgan fingerprint density at radius 3 is 2.78 bits per heavy atom. The molecule has 1 aromatic carbocycles. The molecular formula is C11H11N3O4. The normalized spacial score (nSPS) is 11.3. The van der Waals surface area contributed by atoms with Gasteiger partial charge in [-0.3, -0.25) is 10.1 Å². The van der Waals surface area contributed by atoms with Crippen molar-refractivity contribution in [3.05, 3.63) is 33.9 Å². The molecule has 1 rings (SSSR count). The van der Waals surface area contributed by atoms with Crippen molar-refractivity contribution in [2.45, 2.75) is 19.4 Å². The first kappa shape index (κ1) is 13.4. The van der Waals surface area contributed by atoms with Crippen molar-refractivity contribution in [1.82, 2.24) is 0 Å². The minimum absolute atomic E-state index is 0.0355. The number of nitro benzene ring substituents is 1. The van der Waals surface area contributed by atoms with Crippen molar-refractivity contribution in [2.24, 2.45) is 0 Å². The van der Waals surface area contributed by atoms with Crippen LogP contribution in [-0.4, -0.2) is 22.0 Å². The lowest BCUT2D eigenvalue weighted by molar-refractivity contribution is -0.384. The van der Waals surface area contributed by atoms with Crippen LogP contribution < -0.4 is 5.32 Å². The van der Waals surface area contributed by atoms with Gasteiger partial charge in [0.25, 0.3) is 0 Å². The Balaban J connectivity index is 3.21. The summed E-state index contributed by atoms with van der Waals surface area (Å²) in [4.78, 5) is 21.1. The summed E-state index contributed by atoms with van der Waals surface area (Å²) >= 11 is 0.